The summed E-state index contributed by atoms with van der Waals surface area (Å²) in [6, 6.07) is 13.7. The molecule has 0 radical (unpaired) electrons. The van der Waals surface area contributed by atoms with E-state index >= 15 is 0 Å². The number of carbonyl (C=O) groups excluding carboxylic acids is 1. The van der Waals surface area contributed by atoms with Gasteiger partial charge in [0.05, 0.1) is 0 Å². The van der Waals surface area contributed by atoms with Gasteiger partial charge in [0, 0.05) is 22.2 Å². The fraction of sp³-hybridized carbons (Fsp3) is 0.278. The van der Waals surface area contributed by atoms with Crippen LogP contribution in [0.3, 0.4) is 0 Å². The van der Waals surface area contributed by atoms with E-state index in [-0.39, 0.29) is 11.7 Å². The number of para-hydroxylation sites is 1. The zero-order chi connectivity index (χ0) is 16.1. The molecule has 0 aliphatic rings. The second kappa shape index (κ2) is 7.36. The third-order valence-corrected chi connectivity index (χ3v) is 4.69. The molecule has 0 aromatic heterocycles. The quantitative estimate of drug-likeness (QED) is 0.918. The Hall–Kier alpha value is -1.94. The van der Waals surface area contributed by atoms with Crippen molar-refractivity contribution < 1.29 is 9.00 Å². The first-order valence-corrected chi connectivity index (χ1v) is 8.71. The van der Waals surface area contributed by atoms with Crippen LogP contribution in [0.25, 0.3) is 0 Å². The molecule has 0 aliphatic heterocycles. The van der Waals surface area contributed by atoms with Crippen molar-refractivity contribution >= 4 is 22.4 Å². The zero-order valence-electron chi connectivity index (χ0n) is 13.2. The molecular weight excluding hydrogens is 294 g/mol. The average molecular weight is 315 g/mol. The van der Waals surface area contributed by atoms with E-state index in [0.717, 1.165) is 27.9 Å². The highest BCUT2D eigenvalue weighted by atomic mass is 32.2. The van der Waals surface area contributed by atoms with Gasteiger partial charge >= 0.3 is 0 Å². The Morgan fingerprint density at radius 2 is 1.68 bits per heavy atom. The minimum absolute atomic E-state index is 0.0156. The molecule has 2 rings (SSSR count). The van der Waals surface area contributed by atoms with E-state index in [1.807, 2.05) is 63.2 Å². The van der Waals surface area contributed by atoms with Crippen LogP contribution in [0.15, 0.2) is 42.5 Å². The molecule has 0 heterocycles. The number of aryl methyl sites for hydroxylation is 3. The summed E-state index contributed by atoms with van der Waals surface area (Å²) in [5, 5.41) is 2.87. The summed E-state index contributed by atoms with van der Waals surface area (Å²) in [4.78, 5) is 12.1. The van der Waals surface area contributed by atoms with Gasteiger partial charge in [-0.25, -0.2) is 0 Å². The molecule has 3 nitrogen and oxygen atoms in total. The Morgan fingerprint density at radius 1 is 1.05 bits per heavy atom. The first-order valence-electron chi connectivity index (χ1n) is 7.22. The Labute approximate surface area is 134 Å². The van der Waals surface area contributed by atoms with Crippen molar-refractivity contribution in [2.45, 2.75) is 26.5 Å². The van der Waals surface area contributed by atoms with Gasteiger partial charge in [-0.2, -0.15) is 0 Å². The summed E-state index contributed by atoms with van der Waals surface area (Å²) in [5.41, 5.74) is 4.98. The van der Waals surface area contributed by atoms with Crippen LogP contribution in [-0.2, 0) is 21.3 Å². The minimum Gasteiger partial charge on any atom is -0.325 e. The second-order valence-corrected chi connectivity index (χ2v) is 6.99. The number of amides is 1. The Balaban J connectivity index is 1.96. The normalized spacial score (nSPS) is 12.0. The lowest BCUT2D eigenvalue weighted by Crippen LogP contribution is -2.21. The number of anilines is 1. The summed E-state index contributed by atoms with van der Waals surface area (Å²) in [6.45, 7) is 5.90. The Morgan fingerprint density at radius 3 is 2.32 bits per heavy atom. The summed E-state index contributed by atoms with van der Waals surface area (Å²) in [7, 11) is -1.21. The number of hydrogen-bond acceptors (Lipinski definition) is 2. The zero-order valence-corrected chi connectivity index (χ0v) is 14.0. The molecule has 4 heteroatoms. The van der Waals surface area contributed by atoms with Gasteiger partial charge in [-0.3, -0.25) is 9.00 Å². The molecule has 2 aromatic rings. The summed E-state index contributed by atoms with van der Waals surface area (Å²) < 4.78 is 12.1. The van der Waals surface area contributed by atoms with Crippen molar-refractivity contribution in [2.24, 2.45) is 0 Å². The lowest BCUT2D eigenvalue weighted by atomic mass is 10.1. The summed E-state index contributed by atoms with van der Waals surface area (Å²) in [5.74, 6) is 0.215. The highest BCUT2D eigenvalue weighted by molar-refractivity contribution is 7.84. The van der Waals surface area contributed by atoms with E-state index in [2.05, 4.69) is 5.32 Å². The first kappa shape index (κ1) is 16.4. The SMILES string of the molecule is Cc1cccc(C[S@@](=O)CC(=O)Nc2c(C)cccc2C)c1. The molecule has 0 spiro atoms. The van der Waals surface area contributed by atoms with Crippen LogP contribution in [0.4, 0.5) is 5.69 Å². The topological polar surface area (TPSA) is 46.2 Å². The molecule has 2 aromatic carbocycles. The van der Waals surface area contributed by atoms with Crippen LogP contribution in [0.1, 0.15) is 22.3 Å². The molecule has 0 saturated carbocycles. The van der Waals surface area contributed by atoms with Gasteiger partial charge in [0.25, 0.3) is 0 Å². The van der Waals surface area contributed by atoms with E-state index in [9.17, 15) is 9.00 Å². The number of hydrogen-bond donors (Lipinski definition) is 1. The molecule has 0 saturated heterocycles. The fourth-order valence-corrected chi connectivity index (χ4v) is 3.39. The van der Waals surface area contributed by atoms with Crippen molar-refractivity contribution in [3.63, 3.8) is 0 Å². The number of nitrogens with one attached hydrogen (secondary N) is 1. The maximum absolute atomic E-state index is 12.1. The van der Waals surface area contributed by atoms with Crippen LogP contribution in [0.2, 0.25) is 0 Å². The molecule has 0 bridgehead atoms. The lowest BCUT2D eigenvalue weighted by Gasteiger charge is -2.11. The Kier molecular flexibility index (Phi) is 5.50. The lowest BCUT2D eigenvalue weighted by molar-refractivity contribution is -0.113. The first-order chi connectivity index (χ1) is 10.5. The van der Waals surface area contributed by atoms with Gasteiger partial charge in [-0.15, -0.1) is 0 Å². The molecule has 1 atom stereocenters. The standard InChI is InChI=1S/C18H21NO2S/c1-13-6-4-9-16(10-13)11-22(21)12-17(20)19-18-14(2)7-5-8-15(18)3/h4-10H,11-12H2,1-3H3,(H,19,20)/t22-/m1/s1. The summed E-state index contributed by atoms with van der Waals surface area (Å²) >= 11 is 0. The smallest absolute Gasteiger partial charge is 0.237 e. The average Bonchev–Trinajstić information content (AvgIpc) is 2.43. The van der Waals surface area contributed by atoms with Gasteiger partial charge in [-0.05, 0) is 37.5 Å². The predicted molar refractivity (Wildman–Crippen MR) is 92.4 cm³/mol. The molecule has 116 valence electrons. The molecule has 0 fully saturated rings. The van der Waals surface area contributed by atoms with Crippen LogP contribution in [0, 0.1) is 20.8 Å². The van der Waals surface area contributed by atoms with Crippen molar-refractivity contribution in [1.29, 1.82) is 0 Å². The van der Waals surface area contributed by atoms with Crippen molar-refractivity contribution in [1.82, 2.24) is 0 Å². The molecular formula is C18H21NO2S. The molecule has 0 unspecified atom stereocenters. The van der Waals surface area contributed by atoms with Crippen molar-refractivity contribution in [2.75, 3.05) is 11.1 Å². The molecule has 1 amide bonds. The summed E-state index contributed by atoms with van der Waals surface area (Å²) in [6.07, 6.45) is 0. The van der Waals surface area contributed by atoms with Crippen LogP contribution in [0.5, 0.6) is 0 Å². The predicted octanol–water partition coefficient (Wildman–Crippen LogP) is 3.50. The maximum atomic E-state index is 12.1. The molecule has 0 aliphatic carbocycles. The third-order valence-electron chi connectivity index (χ3n) is 3.45. The monoisotopic (exact) mass is 315 g/mol. The van der Waals surface area contributed by atoms with Gasteiger partial charge in [-0.1, -0.05) is 48.0 Å². The largest absolute Gasteiger partial charge is 0.325 e. The fourth-order valence-electron chi connectivity index (χ4n) is 2.37. The number of rotatable bonds is 5. The van der Waals surface area contributed by atoms with Crippen molar-refractivity contribution in [3.05, 3.63) is 64.7 Å². The van der Waals surface area contributed by atoms with E-state index in [4.69, 9.17) is 0 Å². The van der Waals surface area contributed by atoms with Gasteiger partial charge < -0.3 is 5.32 Å². The highest BCUT2D eigenvalue weighted by Gasteiger charge is 2.11. The highest BCUT2D eigenvalue weighted by Crippen LogP contribution is 2.19. The number of carbonyl (C=O) groups is 1. The Bertz CT molecular complexity index is 690. The van der Waals surface area contributed by atoms with Gasteiger partial charge in [0.15, 0.2) is 0 Å². The van der Waals surface area contributed by atoms with Crippen molar-refractivity contribution in [3.8, 4) is 0 Å². The van der Waals surface area contributed by atoms with Crippen LogP contribution >= 0.6 is 0 Å². The minimum atomic E-state index is -1.21. The van der Waals surface area contributed by atoms with E-state index in [0.29, 0.717) is 5.75 Å². The van der Waals surface area contributed by atoms with Crippen LogP contribution < -0.4 is 5.32 Å². The molecule has 1 N–H and O–H groups in total. The van der Waals surface area contributed by atoms with Crippen LogP contribution in [-0.4, -0.2) is 15.9 Å². The molecule has 22 heavy (non-hydrogen) atoms. The van der Waals surface area contributed by atoms with E-state index in [1.54, 1.807) is 0 Å². The van der Waals surface area contributed by atoms with Gasteiger partial charge in [0.1, 0.15) is 5.75 Å². The third kappa shape index (κ3) is 4.53. The van der Waals surface area contributed by atoms with E-state index in [1.165, 1.54) is 0 Å². The maximum Gasteiger partial charge on any atom is 0.237 e. The van der Waals surface area contributed by atoms with Gasteiger partial charge in [0.2, 0.25) is 5.91 Å². The number of benzene rings is 2. The van der Waals surface area contributed by atoms with E-state index < -0.39 is 10.8 Å². The second-order valence-electron chi connectivity index (χ2n) is 5.53.